The van der Waals surface area contributed by atoms with Gasteiger partial charge in [0.1, 0.15) is 0 Å². The van der Waals surface area contributed by atoms with Gasteiger partial charge in [0, 0.05) is 12.6 Å². The molecule has 90 valence electrons. The first-order valence-corrected chi connectivity index (χ1v) is 6.46. The Hall–Kier alpha value is -0.0800. The first-order valence-electron chi connectivity index (χ1n) is 6.46. The standard InChI is InChI=1S/C13H27NO/c1-10(2)15-9-8-14-13-7-5-6-11(3)12(13)4/h10-14H,5-9H2,1-4H3. The highest BCUT2D eigenvalue weighted by molar-refractivity contribution is 4.81. The third-order valence-electron chi connectivity index (χ3n) is 3.67. The van der Waals surface area contributed by atoms with E-state index in [0.29, 0.717) is 12.1 Å². The number of hydrogen-bond donors (Lipinski definition) is 1. The van der Waals surface area contributed by atoms with Crippen molar-refractivity contribution in [2.45, 2.75) is 59.1 Å². The van der Waals surface area contributed by atoms with Gasteiger partial charge in [-0.25, -0.2) is 0 Å². The van der Waals surface area contributed by atoms with Crippen LogP contribution in [-0.4, -0.2) is 25.3 Å². The van der Waals surface area contributed by atoms with Crippen molar-refractivity contribution >= 4 is 0 Å². The van der Waals surface area contributed by atoms with Crippen molar-refractivity contribution in [3.8, 4) is 0 Å². The molecule has 0 aromatic carbocycles. The first kappa shape index (κ1) is 13.0. The topological polar surface area (TPSA) is 21.3 Å². The van der Waals surface area contributed by atoms with Gasteiger partial charge in [0.15, 0.2) is 0 Å². The largest absolute Gasteiger partial charge is 0.377 e. The molecule has 0 saturated heterocycles. The van der Waals surface area contributed by atoms with E-state index >= 15 is 0 Å². The summed E-state index contributed by atoms with van der Waals surface area (Å²) in [5, 5.41) is 3.63. The van der Waals surface area contributed by atoms with Crippen molar-refractivity contribution in [2.75, 3.05) is 13.2 Å². The van der Waals surface area contributed by atoms with E-state index in [1.54, 1.807) is 0 Å². The first-order chi connectivity index (χ1) is 7.11. The Kier molecular flexibility index (Phi) is 5.62. The van der Waals surface area contributed by atoms with E-state index in [1.807, 2.05) is 0 Å². The molecule has 0 amide bonds. The Labute approximate surface area is 94.8 Å². The summed E-state index contributed by atoms with van der Waals surface area (Å²) in [6, 6.07) is 0.713. The molecular weight excluding hydrogens is 186 g/mol. The zero-order chi connectivity index (χ0) is 11.3. The summed E-state index contributed by atoms with van der Waals surface area (Å²) in [6.45, 7) is 10.8. The van der Waals surface area contributed by atoms with Crippen LogP contribution in [0.2, 0.25) is 0 Å². The lowest BCUT2D eigenvalue weighted by Gasteiger charge is -2.34. The second-order valence-corrected chi connectivity index (χ2v) is 5.25. The van der Waals surface area contributed by atoms with E-state index in [0.717, 1.165) is 25.0 Å². The molecule has 1 rings (SSSR count). The molecule has 3 atom stereocenters. The lowest BCUT2D eigenvalue weighted by Crippen LogP contribution is -2.42. The van der Waals surface area contributed by atoms with Gasteiger partial charge in [-0.3, -0.25) is 0 Å². The summed E-state index contributed by atoms with van der Waals surface area (Å²) in [5.74, 6) is 1.69. The van der Waals surface area contributed by atoms with Crippen molar-refractivity contribution in [1.82, 2.24) is 5.32 Å². The van der Waals surface area contributed by atoms with E-state index < -0.39 is 0 Å². The molecule has 0 aromatic rings. The van der Waals surface area contributed by atoms with Crippen LogP contribution in [0.4, 0.5) is 0 Å². The van der Waals surface area contributed by atoms with Crippen molar-refractivity contribution < 1.29 is 4.74 Å². The lowest BCUT2D eigenvalue weighted by molar-refractivity contribution is 0.0752. The molecule has 1 fully saturated rings. The maximum absolute atomic E-state index is 5.53. The quantitative estimate of drug-likeness (QED) is 0.709. The monoisotopic (exact) mass is 213 g/mol. The predicted molar refractivity (Wildman–Crippen MR) is 65.1 cm³/mol. The van der Waals surface area contributed by atoms with Gasteiger partial charge >= 0.3 is 0 Å². The van der Waals surface area contributed by atoms with E-state index in [4.69, 9.17) is 4.74 Å². The van der Waals surface area contributed by atoms with Gasteiger partial charge in [-0.05, 0) is 32.1 Å². The van der Waals surface area contributed by atoms with E-state index in [1.165, 1.54) is 19.3 Å². The summed E-state index contributed by atoms with van der Waals surface area (Å²) in [7, 11) is 0. The van der Waals surface area contributed by atoms with Crippen molar-refractivity contribution in [2.24, 2.45) is 11.8 Å². The van der Waals surface area contributed by atoms with E-state index in [2.05, 4.69) is 33.0 Å². The van der Waals surface area contributed by atoms with E-state index in [-0.39, 0.29) is 0 Å². The zero-order valence-corrected chi connectivity index (χ0v) is 10.8. The third-order valence-corrected chi connectivity index (χ3v) is 3.67. The van der Waals surface area contributed by atoms with Gasteiger partial charge < -0.3 is 10.1 Å². The zero-order valence-electron chi connectivity index (χ0n) is 10.8. The van der Waals surface area contributed by atoms with Crippen LogP contribution in [0.15, 0.2) is 0 Å². The molecule has 2 nitrogen and oxygen atoms in total. The summed E-state index contributed by atoms with van der Waals surface area (Å²) in [6.07, 6.45) is 4.48. The third kappa shape index (κ3) is 4.52. The molecule has 15 heavy (non-hydrogen) atoms. The highest BCUT2D eigenvalue weighted by atomic mass is 16.5. The molecule has 0 bridgehead atoms. The van der Waals surface area contributed by atoms with Crippen molar-refractivity contribution in [3.05, 3.63) is 0 Å². The number of ether oxygens (including phenoxy) is 1. The maximum Gasteiger partial charge on any atom is 0.0594 e. The van der Waals surface area contributed by atoms with Crippen molar-refractivity contribution in [3.63, 3.8) is 0 Å². The lowest BCUT2D eigenvalue weighted by atomic mass is 9.78. The summed E-state index contributed by atoms with van der Waals surface area (Å²) in [5.41, 5.74) is 0. The molecule has 1 saturated carbocycles. The highest BCUT2D eigenvalue weighted by Gasteiger charge is 2.26. The number of hydrogen-bond acceptors (Lipinski definition) is 2. The molecule has 0 aliphatic heterocycles. The Balaban J connectivity index is 2.14. The van der Waals surface area contributed by atoms with Crippen LogP contribution in [0.1, 0.15) is 47.0 Å². The Morgan fingerprint density at radius 1 is 1.27 bits per heavy atom. The molecule has 0 aromatic heterocycles. The average Bonchev–Trinajstić information content (AvgIpc) is 2.18. The Bertz CT molecular complexity index is 170. The van der Waals surface area contributed by atoms with Crippen LogP contribution in [0.3, 0.4) is 0 Å². The summed E-state index contributed by atoms with van der Waals surface area (Å²) >= 11 is 0. The van der Waals surface area contributed by atoms with Crippen LogP contribution in [0.5, 0.6) is 0 Å². The minimum absolute atomic E-state index is 0.356. The van der Waals surface area contributed by atoms with Gasteiger partial charge in [-0.1, -0.05) is 26.7 Å². The van der Waals surface area contributed by atoms with Gasteiger partial charge in [-0.2, -0.15) is 0 Å². The fourth-order valence-corrected chi connectivity index (χ4v) is 2.41. The van der Waals surface area contributed by atoms with Gasteiger partial charge in [0.05, 0.1) is 12.7 Å². The highest BCUT2D eigenvalue weighted by Crippen LogP contribution is 2.29. The summed E-state index contributed by atoms with van der Waals surface area (Å²) < 4.78 is 5.53. The maximum atomic E-state index is 5.53. The average molecular weight is 213 g/mol. The SMILES string of the molecule is CC(C)OCCNC1CCCC(C)C1C. The predicted octanol–water partition coefficient (Wildman–Crippen LogP) is 2.83. The minimum atomic E-state index is 0.356. The fourth-order valence-electron chi connectivity index (χ4n) is 2.41. The Morgan fingerprint density at radius 3 is 2.67 bits per heavy atom. The second-order valence-electron chi connectivity index (χ2n) is 5.25. The smallest absolute Gasteiger partial charge is 0.0594 e. The van der Waals surface area contributed by atoms with Crippen LogP contribution < -0.4 is 5.32 Å². The molecule has 1 aliphatic rings. The molecule has 0 radical (unpaired) electrons. The molecule has 2 heteroatoms. The van der Waals surface area contributed by atoms with Crippen LogP contribution in [0.25, 0.3) is 0 Å². The van der Waals surface area contributed by atoms with Gasteiger partial charge in [-0.15, -0.1) is 0 Å². The fraction of sp³-hybridized carbons (Fsp3) is 1.00. The molecule has 1 N–H and O–H groups in total. The van der Waals surface area contributed by atoms with E-state index in [9.17, 15) is 0 Å². The Morgan fingerprint density at radius 2 is 2.00 bits per heavy atom. The van der Waals surface area contributed by atoms with Gasteiger partial charge in [0.25, 0.3) is 0 Å². The number of rotatable bonds is 5. The van der Waals surface area contributed by atoms with Crippen LogP contribution >= 0.6 is 0 Å². The molecular formula is C13H27NO. The molecule has 0 heterocycles. The van der Waals surface area contributed by atoms with Crippen LogP contribution in [-0.2, 0) is 4.74 Å². The molecule has 3 unspecified atom stereocenters. The van der Waals surface area contributed by atoms with Crippen molar-refractivity contribution in [1.29, 1.82) is 0 Å². The van der Waals surface area contributed by atoms with Crippen LogP contribution in [0, 0.1) is 11.8 Å². The van der Waals surface area contributed by atoms with Gasteiger partial charge in [0.2, 0.25) is 0 Å². The molecule has 0 spiro atoms. The number of nitrogens with one attached hydrogen (secondary N) is 1. The minimum Gasteiger partial charge on any atom is -0.377 e. The molecule has 1 aliphatic carbocycles. The summed E-state index contributed by atoms with van der Waals surface area (Å²) in [4.78, 5) is 0. The normalized spacial score (nSPS) is 32.2. The second kappa shape index (κ2) is 6.49.